The molecule has 0 saturated carbocycles. The van der Waals surface area contributed by atoms with Gasteiger partial charge < -0.3 is 19.7 Å². The monoisotopic (exact) mass is 404 g/mol. The lowest BCUT2D eigenvalue weighted by molar-refractivity contribution is -0.125. The van der Waals surface area contributed by atoms with Crippen LogP contribution in [0.5, 0.6) is 11.5 Å². The number of rotatable bonds is 6. The fourth-order valence-electron chi connectivity index (χ4n) is 3.46. The van der Waals surface area contributed by atoms with Gasteiger partial charge in [0.2, 0.25) is 5.91 Å². The molecule has 2 atom stereocenters. The van der Waals surface area contributed by atoms with Crippen LogP contribution in [0.15, 0.2) is 30.3 Å². The van der Waals surface area contributed by atoms with Crippen molar-refractivity contribution >= 4 is 23.3 Å². The van der Waals surface area contributed by atoms with Crippen LogP contribution < -0.4 is 19.7 Å². The van der Waals surface area contributed by atoms with E-state index in [2.05, 4.69) is 20.4 Å². The molecule has 7 nitrogen and oxygen atoms in total. The molecule has 1 N–H and O–H groups in total. The number of halogens is 1. The SMILES string of the molecule is COc1ccc(OC)c([C@@H](C)NC(=O)[C@H]2CCCN(c3ccc(Cl)nn3)C2)c1. The fourth-order valence-corrected chi connectivity index (χ4v) is 3.56. The van der Waals surface area contributed by atoms with Crippen molar-refractivity contribution in [3.05, 3.63) is 41.0 Å². The van der Waals surface area contributed by atoms with Crippen LogP contribution in [0.4, 0.5) is 5.82 Å². The summed E-state index contributed by atoms with van der Waals surface area (Å²) in [6.45, 7) is 3.39. The summed E-state index contributed by atoms with van der Waals surface area (Å²) < 4.78 is 10.7. The highest BCUT2D eigenvalue weighted by Gasteiger charge is 2.28. The van der Waals surface area contributed by atoms with Crippen LogP contribution in [0.1, 0.15) is 31.4 Å². The maximum Gasteiger partial charge on any atom is 0.225 e. The number of hydrogen-bond donors (Lipinski definition) is 1. The third-order valence-electron chi connectivity index (χ3n) is 5.00. The van der Waals surface area contributed by atoms with Crippen LogP contribution in [-0.2, 0) is 4.79 Å². The van der Waals surface area contributed by atoms with Gasteiger partial charge in [-0.3, -0.25) is 4.79 Å². The van der Waals surface area contributed by atoms with Gasteiger partial charge in [0.25, 0.3) is 0 Å². The van der Waals surface area contributed by atoms with E-state index in [-0.39, 0.29) is 17.9 Å². The Morgan fingerprint density at radius 1 is 1.25 bits per heavy atom. The van der Waals surface area contributed by atoms with E-state index in [0.717, 1.165) is 42.3 Å². The molecule has 1 aromatic carbocycles. The normalized spacial score (nSPS) is 17.7. The Morgan fingerprint density at radius 3 is 2.75 bits per heavy atom. The van der Waals surface area contributed by atoms with Gasteiger partial charge in [-0.2, -0.15) is 0 Å². The molecule has 2 aromatic rings. The van der Waals surface area contributed by atoms with Gasteiger partial charge in [-0.15, -0.1) is 10.2 Å². The third-order valence-corrected chi connectivity index (χ3v) is 5.20. The first-order valence-corrected chi connectivity index (χ1v) is 9.66. The van der Waals surface area contributed by atoms with Crippen LogP contribution in [-0.4, -0.2) is 43.4 Å². The minimum Gasteiger partial charge on any atom is -0.497 e. The quantitative estimate of drug-likeness (QED) is 0.796. The number of piperidine rings is 1. The molecule has 1 amide bonds. The molecule has 1 aliphatic rings. The number of ether oxygens (including phenoxy) is 2. The molecule has 8 heteroatoms. The van der Waals surface area contributed by atoms with Crippen molar-refractivity contribution < 1.29 is 14.3 Å². The largest absolute Gasteiger partial charge is 0.497 e. The average molecular weight is 405 g/mol. The van der Waals surface area contributed by atoms with Crippen molar-refractivity contribution in [2.75, 3.05) is 32.2 Å². The Balaban J connectivity index is 1.67. The lowest BCUT2D eigenvalue weighted by Crippen LogP contribution is -2.44. The Labute approximate surface area is 170 Å². The van der Waals surface area contributed by atoms with Gasteiger partial charge in [0, 0.05) is 18.7 Å². The Bertz CT molecular complexity index is 816. The first-order valence-electron chi connectivity index (χ1n) is 9.28. The van der Waals surface area contributed by atoms with E-state index in [1.807, 2.05) is 31.2 Å². The molecule has 0 spiro atoms. The van der Waals surface area contributed by atoms with Crippen LogP contribution in [0, 0.1) is 5.92 Å². The summed E-state index contributed by atoms with van der Waals surface area (Å²) in [5.41, 5.74) is 0.881. The molecule has 150 valence electrons. The molecule has 0 bridgehead atoms. The summed E-state index contributed by atoms with van der Waals surface area (Å²) in [6.07, 6.45) is 1.75. The number of anilines is 1. The summed E-state index contributed by atoms with van der Waals surface area (Å²) >= 11 is 5.82. The van der Waals surface area contributed by atoms with Crippen LogP contribution in [0.2, 0.25) is 5.15 Å². The number of amides is 1. The summed E-state index contributed by atoms with van der Waals surface area (Å²) in [5, 5.41) is 11.5. The van der Waals surface area contributed by atoms with Gasteiger partial charge in [-0.25, -0.2) is 0 Å². The topological polar surface area (TPSA) is 76.6 Å². The number of methoxy groups -OCH3 is 2. The molecule has 1 fully saturated rings. The molecule has 0 unspecified atom stereocenters. The second-order valence-electron chi connectivity index (χ2n) is 6.84. The van der Waals surface area contributed by atoms with E-state index in [1.165, 1.54) is 0 Å². The van der Waals surface area contributed by atoms with Crippen molar-refractivity contribution in [3.63, 3.8) is 0 Å². The maximum absolute atomic E-state index is 12.9. The van der Waals surface area contributed by atoms with E-state index < -0.39 is 0 Å². The van der Waals surface area contributed by atoms with E-state index in [4.69, 9.17) is 21.1 Å². The first-order chi connectivity index (χ1) is 13.5. The highest BCUT2D eigenvalue weighted by Crippen LogP contribution is 2.30. The van der Waals surface area contributed by atoms with Gasteiger partial charge >= 0.3 is 0 Å². The minimum absolute atomic E-state index is 0.0176. The number of benzene rings is 1. The molecule has 28 heavy (non-hydrogen) atoms. The molecular weight excluding hydrogens is 380 g/mol. The Morgan fingerprint density at radius 2 is 2.07 bits per heavy atom. The zero-order valence-electron chi connectivity index (χ0n) is 16.3. The molecule has 0 aliphatic carbocycles. The van der Waals surface area contributed by atoms with Crippen LogP contribution >= 0.6 is 11.6 Å². The van der Waals surface area contributed by atoms with Crippen molar-refractivity contribution in [2.24, 2.45) is 5.92 Å². The number of hydrogen-bond acceptors (Lipinski definition) is 6. The second-order valence-corrected chi connectivity index (χ2v) is 7.22. The summed E-state index contributed by atoms with van der Waals surface area (Å²) in [7, 11) is 3.23. The van der Waals surface area contributed by atoms with Gasteiger partial charge in [-0.1, -0.05) is 11.6 Å². The van der Waals surface area contributed by atoms with Gasteiger partial charge in [0.05, 0.1) is 26.2 Å². The number of carbonyl (C=O) groups is 1. The summed E-state index contributed by atoms with van der Waals surface area (Å²) in [5.74, 6) is 2.08. The molecule has 1 aliphatic heterocycles. The lowest BCUT2D eigenvalue weighted by Gasteiger charge is -2.33. The highest BCUT2D eigenvalue weighted by atomic mass is 35.5. The zero-order chi connectivity index (χ0) is 20.1. The van der Waals surface area contributed by atoms with Crippen LogP contribution in [0.3, 0.4) is 0 Å². The molecular formula is C20H25ClN4O3. The van der Waals surface area contributed by atoms with E-state index in [1.54, 1.807) is 20.3 Å². The van der Waals surface area contributed by atoms with Gasteiger partial charge in [0.15, 0.2) is 11.0 Å². The highest BCUT2D eigenvalue weighted by molar-refractivity contribution is 6.29. The zero-order valence-corrected chi connectivity index (χ0v) is 17.1. The molecule has 2 heterocycles. The standard InChI is InChI=1S/C20H25ClN4O3/c1-13(16-11-15(27-2)6-7-17(16)28-3)22-20(26)14-5-4-10-25(12-14)19-9-8-18(21)23-24-19/h6-9,11,13-14H,4-5,10,12H2,1-3H3,(H,22,26)/t13-,14+/m1/s1. The lowest BCUT2D eigenvalue weighted by atomic mass is 9.96. The Hall–Kier alpha value is -2.54. The first kappa shape index (κ1) is 20.2. The van der Waals surface area contributed by atoms with Crippen molar-refractivity contribution in [2.45, 2.75) is 25.8 Å². The molecule has 3 rings (SSSR count). The maximum atomic E-state index is 12.9. The van der Waals surface area contributed by atoms with Gasteiger partial charge in [-0.05, 0) is 50.1 Å². The Kier molecular flexibility index (Phi) is 6.57. The molecule has 1 saturated heterocycles. The van der Waals surface area contributed by atoms with Crippen molar-refractivity contribution in [1.29, 1.82) is 0 Å². The minimum atomic E-state index is -0.205. The number of nitrogens with one attached hydrogen (secondary N) is 1. The van der Waals surface area contributed by atoms with Crippen LogP contribution in [0.25, 0.3) is 0 Å². The summed E-state index contributed by atoms with van der Waals surface area (Å²) in [6, 6.07) is 8.91. The number of aromatic nitrogens is 2. The fraction of sp³-hybridized carbons (Fsp3) is 0.450. The predicted octanol–water partition coefficient (Wildman–Crippen LogP) is 3.24. The average Bonchev–Trinajstić information content (AvgIpc) is 2.73. The second kappa shape index (κ2) is 9.10. The number of nitrogens with zero attached hydrogens (tertiary/aromatic N) is 3. The van der Waals surface area contributed by atoms with Crippen molar-refractivity contribution in [3.8, 4) is 11.5 Å². The smallest absolute Gasteiger partial charge is 0.225 e. The van der Waals surface area contributed by atoms with Gasteiger partial charge in [0.1, 0.15) is 11.5 Å². The van der Waals surface area contributed by atoms with Crippen molar-refractivity contribution in [1.82, 2.24) is 15.5 Å². The van der Waals surface area contributed by atoms with E-state index in [0.29, 0.717) is 11.7 Å². The van der Waals surface area contributed by atoms with E-state index >= 15 is 0 Å². The number of carbonyl (C=O) groups excluding carboxylic acids is 1. The predicted molar refractivity (Wildman–Crippen MR) is 108 cm³/mol. The summed E-state index contributed by atoms with van der Waals surface area (Å²) in [4.78, 5) is 15.0. The molecule has 1 aromatic heterocycles. The van der Waals surface area contributed by atoms with E-state index in [9.17, 15) is 4.79 Å². The third kappa shape index (κ3) is 4.65. The molecule has 0 radical (unpaired) electrons.